The van der Waals surface area contributed by atoms with Gasteiger partial charge in [0.05, 0.1) is 41.9 Å². The summed E-state index contributed by atoms with van der Waals surface area (Å²) in [6.07, 6.45) is 3.58. The number of nitrogen functional groups attached to an aromatic ring is 1. The lowest BCUT2D eigenvalue weighted by Crippen LogP contribution is -2.10. The maximum Gasteiger partial charge on any atom is 0.338 e. The molecule has 0 radical (unpaired) electrons. The average molecular weight is 958 g/mol. The molecule has 0 saturated carbocycles. The Kier molecular flexibility index (Phi) is 20.2. The van der Waals surface area contributed by atoms with Crippen LogP contribution in [0.3, 0.4) is 0 Å². The number of esters is 2. The fourth-order valence-corrected chi connectivity index (χ4v) is 7.70. The zero-order valence-corrected chi connectivity index (χ0v) is 37.8. The van der Waals surface area contributed by atoms with Crippen molar-refractivity contribution in [3.63, 3.8) is 0 Å². The number of hydrogen-bond donors (Lipinski definition) is 3. The molecule has 11 nitrogen and oxygen atoms in total. The lowest BCUT2D eigenvalue weighted by atomic mass is 10.1. The molecule has 0 spiro atoms. The summed E-state index contributed by atoms with van der Waals surface area (Å²) in [5.41, 5.74) is 12.8. The van der Waals surface area contributed by atoms with Crippen LogP contribution in [0.25, 0.3) is 22.5 Å². The molecule has 0 aliphatic rings. The summed E-state index contributed by atoms with van der Waals surface area (Å²) in [6, 6.07) is 48.6. The molecular weight excluding hydrogens is 912 g/mol. The van der Waals surface area contributed by atoms with Crippen LogP contribution in [-0.2, 0) is 22.3 Å². The third-order valence-corrected chi connectivity index (χ3v) is 11.4. The summed E-state index contributed by atoms with van der Waals surface area (Å²) in [6.45, 7) is 0.618. The number of carbonyl (C=O) groups excluding carboxylic acids is 3. The van der Waals surface area contributed by atoms with E-state index in [0.29, 0.717) is 74.9 Å². The average Bonchev–Trinajstić information content (AvgIpc) is 4.04. The Labute approximate surface area is 401 Å². The first-order valence-corrected chi connectivity index (χ1v) is 22.6. The van der Waals surface area contributed by atoms with Gasteiger partial charge in [-0.25, -0.2) is 25.4 Å². The van der Waals surface area contributed by atoms with Crippen LogP contribution in [0.5, 0.6) is 0 Å². The minimum atomic E-state index is -0.460. The Morgan fingerprint density at radius 1 is 0.591 bits per heavy atom. The van der Waals surface area contributed by atoms with Gasteiger partial charge in [-0.2, -0.15) is 5.10 Å². The number of aromatic nitrogens is 2. The Balaban J connectivity index is 0.000000203. The minimum absolute atomic E-state index is 0. The zero-order chi connectivity index (χ0) is 45.6. The Morgan fingerprint density at radius 2 is 1.02 bits per heavy atom. The van der Waals surface area contributed by atoms with Gasteiger partial charge >= 0.3 is 11.9 Å². The van der Waals surface area contributed by atoms with Crippen molar-refractivity contribution in [3.8, 4) is 22.5 Å². The number of rotatable bonds is 15. The molecule has 0 fully saturated rings. The van der Waals surface area contributed by atoms with E-state index < -0.39 is 5.97 Å². The topological polar surface area (TPSA) is 158 Å². The van der Waals surface area contributed by atoms with Crippen molar-refractivity contribution in [3.05, 3.63) is 212 Å². The largest absolute Gasteiger partial charge is 0.462 e. The fourth-order valence-electron chi connectivity index (χ4n) is 5.96. The number of ether oxygens (including phenoxy) is 2. The fraction of sp³-hybridized carbons (Fsp3) is 0.0980. The van der Waals surface area contributed by atoms with Crippen LogP contribution in [0.4, 0.5) is 10.3 Å². The number of halogens is 2. The number of hydrogen-bond acceptors (Lipinski definition) is 13. The van der Waals surface area contributed by atoms with Crippen molar-refractivity contribution in [2.24, 2.45) is 10.9 Å². The number of thiazole rings is 2. The maximum atomic E-state index is 12.6. The molecule has 0 saturated heterocycles. The molecular formula is C51H46Cl2N6O5S2. The van der Waals surface area contributed by atoms with Crippen LogP contribution in [0.15, 0.2) is 174 Å². The van der Waals surface area contributed by atoms with Gasteiger partial charge in [0, 0.05) is 55.9 Å². The second-order valence-corrected chi connectivity index (χ2v) is 16.1. The molecule has 6 aromatic carbocycles. The van der Waals surface area contributed by atoms with Gasteiger partial charge in [-0.3, -0.25) is 15.6 Å². The molecule has 0 aliphatic heterocycles. The number of nitrogens with two attached hydrogens (primary N) is 1. The van der Waals surface area contributed by atoms with E-state index in [0.717, 1.165) is 33.6 Å². The Morgan fingerprint density at radius 3 is 1.50 bits per heavy atom. The highest BCUT2D eigenvalue weighted by molar-refractivity contribution is 7.14. The number of hydrazone groups is 1. The number of carbonyl (C=O) groups is 3. The number of nitrogens with one attached hydrogen (secondary N) is 2. The van der Waals surface area contributed by atoms with Crippen LogP contribution < -0.4 is 16.7 Å². The highest BCUT2D eigenvalue weighted by Gasteiger charge is 2.13. The molecule has 4 N–H and O–H groups in total. The number of hydrazine groups is 1. The Hall–Kier alpha value is -7.00. The number of anilines is 2. The van der Waals surface area contributed by atoms with E-state index in [9.17, 15) is 14.4 Å². The molecule has 336 valence electrons. The van der Waals surface area contributed by atoms with Gasteiger partial charge < -0.3 is 9.47 Å². The zero-order valence-electron chi connectivity index (χ0n) is 34.7. The van der Waals surface area contributed by atoms with Crippen molar-refractivity contribution in [1.29, 1.82) is 0 Å². The highest BCUT2D eigenvalue weighted by atomic mass is 35.5. The van der Waals surface area contributed by atoms with E-state index in [1.54, 1.807) is 42.6 Å². The standard InChI is InChI=1S/C25H20ClN3O2S.C16H14O3.C9H8ClN3S.CH4/c26-22-13-7-6-12-21(22)23-17-32-25(28-23)29-27-16-19-10-4-5-11-20(19)24(30)31-15-14-18-8-2-1-3-9-18;17-12-14-8-4-5-9-15(14)16(18)19-11-10-13-6-2-1-3-7-13;10-7-4-2-1-3-6(7)8-5-14-9(12-8)13-11;/h1-13,16-17H,14-15H2,(H,28,29);1-9,12H,10-11H2;1-5H,11H2,(H,12,13);1H4/b27-16+;;;. The lowest BCUT2D eigenvalue weighted by Gasteiger charge is -2.07. The van der Waals surface area contributed by atoms with Gasteiger partial charge in [0.15, 0.2) is 11.4 Å². The summed E-state index contributed by atoms with van der Waals surface area (Å²) in [5, 5.41) is 10.7. The summed E-state index contributed by atoms with van der Waals surface area (Å²) < 4.78 is 10.6. The van der Waals surface area contributed by atoms with E-state index in [-0.39, 0.29) is 13.4 Å². The molecule has 0 amide bonds. The monoisotopic (exact) mass is 956 g/mol. The molecule has 0 unspecified atom stereocenters. The summed E-state index contributed by atoms with van der Waals surface area (Å²) in [4.78, 5) is 44.0. The van der Waals surface area contributed by atoms with Gasteiger partial charge in [0.25, 0.3) is 0 Å². The van der Waals surface area contributed by atoms with E-state index >= 15 is 0 Å². The lowest BCUT2D eigenvalue weighted by molar-refractivity contribution is 0.0499. The smallest absolute Gasteiger partial charge is 0.338 e. The van der Waals surface area contributed by atoms with Gasteiger partial charge in [-0.05, 0) is 35.4 Å². The summed E-state index contributed by atoms with van der Waals surface area (Å²) >= 11 is 15.1. The normalized spacial score (nSPS) is 10.3. The Bertz CT molecular complexity index is 2800. The molecule has 0 atom stereocenters. The van der Waals surface area contributed by atoms with Crippen LogP contribution >= 0.6 is 45.9 Å². The predicted octanol–water partition coefficient (Wildman–Crippen LogP) is 12.6. The molecule has 66 heavy (non-hydrogen) atoms. The van der Waals surface area contributed by atoms with E-state index in [2.05, 4.69) is 25.9 Å². The molecule has 15 heteroatoms. The van der Waals surface area contributed by atoms with Crippen molar-refractivity contribution >= 4 is 80.6 Å². The first kappa shape index (κ1) is 50.0. The van der Waals surface area contributed by atoms with Gasteiger partial charge in [-0.15, -0.1) is 22.7 Å². The molecule has 8 aromatic rings. The maximum absolute atomic E-state index is 12.6. The second-order valence-electron chi connectivity index (χ2n) is 13.6. The van der Waals surface area contributed by atoms with Crippen molar-refractivity contribution in [1.82, 2.24) is 9.97 Å². The number of aldehydes is 1. The molecule has 8 rings (SSSR count). The van der Waals surface area contributed by atoms with Gasteiger partial charge in [0.2, 0.25) is 5.13 Å². The molecule has 2 aromatic heterocycles. The minimum Gasteiger partial charge on any atom is -0.462 e. The molecule has 0 aliphatic carbocycles. The first-order chi connectivity index (χ1) is 31.8. The van der Waals surface area contributed by atoms with Crippen LogP contribution in [0, 0.1) is 0 Å². The molecule has 2 heterocycles. The number of benzene rings is 6. The van der Waals surface area contributed by atoms with Gasteiger partial charge in [-0.1, -0.05) is 164 Å². The number of nitrogens with zero attached hydrogens (tertiary/aromatic N) is 3. The van der Waals surface area contributed by atoms with Crippen molar-refractivity contribution in [2.75, 3.05) is 24.1 Å². The van der Waals surface area contributed by atoms with E-state index in [1.807, 2.05) is 132 Å². The predicted molar refractivity (Wildman–Crippen MR) is 270 cm³/mol. The third kappa shape index (κ3) is 15.0. The van der Waals surface area contributed by atoms with Gasteiger partial charge in [0.1, 0.15) is 0 Å². The van der Waals surface area contributed by atoms with Crippen LogP contribution in [0.2, 0.25) is 10.0 Å². The first-order valence-electron chi connectivity index (χ1n) is 20.0. The summed E-state index contributed by atoms with van der Waals surface area (Å²) in [7, 11) is 0. The van der Waals surface area contributed by atoms with Crippen molar-refractivity contribution in [2.45, 2.75) is 20.3 Å². The van der Waals surface area contributed by atoms with Crippen LogP contribution in [-0.4, -0.2) is 47.6 Å². The van der Waals surface area contributed by atoms with Crippen LogP contribution in [0.1, 0.15) is 55.2 Å². The third-order valence-electron chi connectivity index (χ3n) is 9.22. The quantitative estimate of drug-likeness (QED) is 0.0297. The van der Waals surface area contributed by atoms with E-state index in [4.69, 9.17) is 38.5 Å². The molecule has 0 bridgehead atoms. The SMILES string of the molecule is C.NNc1nc(-c2ccccc2Cl)cs1.O=C(OCCc1ccccc1)c1ccccc1/C=N/Nc1nc(-c2ccccc2Cl)cs1.O=Cc1ccccc1C(=O)OCCc1ccccc1. The highest BCUT2D eigenvalue weighted by Crippen LogP contribution is 2.31. The second kappa shape index (κ2) is 26.7. The van der Waals surface area contributed by atoms with E-state index in [1.165, 1.54) is 22.7 Å². The van der Waals surface area contributed by atoms with Crippen molar-refractivity contribution < 1.29 is 23.9 Å². The summed E-state index contributed by atoms with van der Waals surface area (Å²) in [5.74, 6) is 4.41.